The fourth-order valence-electron chi connectivity index (χ4n) is 1.60. The molecule has 1 saturated heterocycles. The maximum absolute atomic E-state index is 11.9. The minimum absolute atomic E-state index is 0.0777. The van der Waals surface area contributed by atoms with E-state index in [0.29, 0.717) is 30.1 Å². The van der Waals surface area contributed by atoms with Gasteiger partial charge in [-0.1, -0.05) is 0 Å². The van der Waals surface area contributed by atoms with Crippen molar-refractivity contribution in [3.8, 4) is 0 Å². The molecule has 0 saturated carbocycles. The van der Waals surface area contributed by atoms with Crippen LogP contribution in [-0.2, 0) is 4.74 Å². The van der Waals surface area contributed by atoms with Gasteiger partial charge in [-0.05, 0) is 28.1 Å². The average molecular weight is 290 g/mol. The standard InChI is InChI=1S/C10H12BrNO4/c11-9-2-1-8(16-9)10(14)12-3-4-15-7(5-12)6-13/h1-2,7,13H,3-6H2. The minimum atomic E-state index is -0.295. The number of morpholine rings is 1. The van der Waals surface area contributed by atoms with Crippen molar-refractivity contribution in [1.29, 1.82) is 0 Å². The third-order valence-corrected chi connectivity index (χ3v) is 2.84. The molecule has 1 aromatic heterocycles. The number of hydrogen-bond acceptors (Lipinski definition) is 4. The van der Waals surface area contributed by atoms with Crippen molar-refractivity contribution in [3.05, 3.63) is 22.6 Å². The molecule has 1 unspecified atom stereocenters. The Morgan fingerprint density at radius 1 is 1.62 bits per heavy atom. The first kappa shape index (κ1) is 11.6. The number of furan rings is 1. The number of halogens is 1. The van der Waals surface area contributed by atoms with Gasteiger partial charge < -0.3 is 19.2 Å². The molecule has 2 rings (SSSR count). The zero-order valence-electron chi connectivity index (χ0n) is 8.56. The van der Waals surface area contributed by atoms with Crippen LogP contribution in [0.15, 0.2) is 21.2 Å². The second-order valence-electron chi connectivity index (χ2n) is 3.53. The van der Waals surface area contributed by atoms with Crippen LogP contribution >= 0.6 is 15.9 Å². The van der Waals surface area contributed by atoms with E-state index in [2.05, 4.69) is 15.9 Å². The summed E-state index contributed by atoms with van der Waals surface area (Å²) >= 11 is 3.15. The number of carbonyl (C=O) groups excluding carboxylic acids is 1. The Balaban J connectivity index is 2.04. The Bertz CT molecular complexity index is 379. The summed E-state index contributed by atoms with van der Waals surface area (Å²) in [5.74, 6) is 0.123. The molecule has 0 aromatic carbocycles. The quantitative estimate of drug-likeness (QED) is 0.878. The highest BCUT2D eigenvalue weighted by Gasteiger charge is 2.26. The fourth-order valence-corrected chi connectivity index (χ4v) is 1.91. The number of aliphatic hydroxyl groups is 1. The van der Waals surface area contributed by atoms with Gasteiger partial charge in [0.1, 0.15) is 0 Å². The van der Waals surface area contributed by atoms with Crippen LogP contribution in [0.2, 0.25) is 0 Å². The van der Waals surface area contributed by atoms with Gasteiger partial charge in [0.2, 0.25) is 0 Å². The molecular weight excluding hydrogens is 278 g/mol. The highest BCUT2D eigenvalue weighted by atomic mass is 79.9. The van der Waals surface area contributed by atoms with E-state index in [4.69, 9.17) is 14.3 Å². The summed E-state index contributed by atoms with van der Waals surface area (Å²) < 4.78 is 11.0. The van der Waals surface area contributed by atoms with E-state index in [9.17, 15) is 4.79 Å². The predicted octanol–water partition coefficient (Wildman–Crippen LogP) is 0.875. The summed E-state index contributed by atoms with van der Waals surface area (Å²) in [5, 5.41) is 8.97. The Hall–Kier alpha value is -0.850. The van der Waals surface area contributed by atoms with Gasteiger partial charge >= 0.3 is 0 Å². The van der Waals surface area contributed by atoms with Crippen molar-refractivity contribution < 1.29 is 19.1 Å². The highest BCUT2D eigenvalue weighted by molar-refractivity contribution is 9.10. The lowest BCUT2D eigenvalue weighted by molar-refractivity contribution is -0.0454. The summed E-state index contributed by atoms with van der Waals surface area (Å²) in [5.41, 5.74) is 0. The predicted molar refractivity (Wildman–Crippen MR) is 59.1 cm³/mol. The molecule has 5 nitrogen and oxygen atoms in total. The number of hydrogen-bond donors (Lipinski definition) is 1. The topological polar surface area (TPSA) is 62.9 Å². The number of carbonyl (C=O) groups is 1. The number of aliphatic hydroxyl groups excluding tert-OH is 1. The molecule has 0 aliphatic carbocycles. The smallest absolute Gasteiger partial charge is 0.289 e. The normalized spacial score (nSPS) is 21.1. The second kappa shape index (κ2) is 4.99. The van der Waals surface area contributed by atoms with E-state index in [1.807, 2.05) is 0 Å². The van der Waals surface area contributed by atoms with Crippen molar-refractivity contribution >= 4 is 21.8 Å². The van der Waals surface area contributed by atoms with Crippen molar-refractivity contribution in [1.82, 2.24) is 4.90 Å². The van der Waals surface area contributed by atoms with E-state index in [1.54, 1.807) is 17.0 Å². The summed E-state index contributed by atoms with van der Waals surface area (Å²) in [4.78, 5) is 13.6. The largest absolute Gasteiger partial charge is 0.444 e. The Labute approximate surface area is 101 Å². The molecule has 6 heteroatoms. The highest BCUT2D eigenvalue weighted by Crippen LogP contribution is 2.17. The minimum Gasteiger partial charge on any atom is -0.444 e. The van der Waals surface area contributed by atoms with E-state index in [0.717, 1.165) is 0 Å². The molecule has 88 valence electrons. The molecule has 1 amide bonds. The van der Waals surface area contributed by atoms with Crippen molar-refractivity contribution in [3.63, 3.8) is 0 Å². The molecule has 1 aliphatic heterocycles. The van der Waals surface area contributed by atoms with Crippen LogP contribution in [0.4, 0.5) is 0 Å². The molecule has 1 aliphatic rings. The van der Waals surface area contributed by atoms with Gasteiger partial charge in [-0.3, -0.25) is 4.79 Å². The number of rotatable bonds is 2. The van der Waals surface area contributed by atoms with Gasteiger partial charge in [-0.25, -0.2) is 0 Å². The molecular formula is C10H12BrNO4. The molecule has 1 N–H and O–H groups in total. The van der Waals surface area contributed by atoms with Gasteiger partial charge in [0, 0.05) is 13.1 Å². The molecule has 1 aromatic rings. The second-order valence-corrected chi connectivity index (χ2v) is 4.31. The summed E-state index contributed by atoms with van der Waals surface area (Å²) in [6.45, 7) is 1.28. The van der Waals surface area contributed by atoms with Gasteiger partial charge in [-0.2, -0.15) is 0 Å². The van der Waals surface area contributed by atoms with Crippen LogP contribution < -0.4 is 0 Å². The van der Waals surface area contributed by atoms with Crippen LogP contribution in [0, 0.1) is 0 Å². The first-order valence-corrected chi connectivity index (χ1v) is 5.77. The average Bonchev–Trinajstić information content (AvgIpc) is 2.75. The molecule has 0 radical (unpaired) electrons. The zero-order valence-corrected chi connectivity index (χ0v) is 10.1. The van der Waals surface area contributed by atoms with Gasteiger partial charge in [0.05, 0.1) is 19.3 Å². The lowest BCUT2D eigenvalue weighted by Crippen LogP contribution is -2.46. The summed E-state index contributed by atoms with van der Waals surface area (Å²) in [6.07, 6.45) is -0.295. The lowest BCUT2D eigenvalue weighted by atomic mass is 10.2. The Morgan fingerprint density at radius 3 is 3.06 bits per heavy atom. The van der Waals surface area contributed by atoms with Crippen molar-refractivity contribution in [2.24, 2.45) is 0 Å². The van der Waals surface area contributed by atoms with Crippen LogP contribution in [0.1, 0.15) is 10.6 Å². The van der Waals surface area contributed by atoms with E-state index in [-0.39, 0.29) is 18.6 Å². The lowest BCUT2D eigenvalue weighted by Gasteiger charge is -2.31. The molecule has 1 atom stereocenters. The van der Waals surface area contributed by atoms with Crippen LogP contribution in [-0.4, -0.2) is 48.3 Å². The molecule has 0 spiro atoms. The van der Waals surface area contributed by atoms with Gasteiger partial charge in [0.15, 0.2) is 10.4 Å². The summed E-state index contributed by atoms with van der Waals surface area (Å²) in [7, 11) is 0. The number of amides is 1. The van der Waals surface area contributed by atoms with E-state index >= 15 is 0 Å². The van der Waals surface area contributed by atoms with E-state index in [1.165, 1.54) is 0 Å². The summed E-state index contributed by atoms with van der Waals surface area (Å²) in [6, 6.07) is 3.30. The van der Waals surface area contributed by atoms with Crippen LogP contribution in [0.25, 0.3) is 0 Å². The zero-order chi connectivity index (χ0) is 11.5. The van der Waals surface area contributed by atoms with Crippen LogP contribution in [0.5, 0.6) is 0 Å². The monoisotopic (exact) mass is 289 g/mol. The van der Waals surface area contributed by atoms with Crippen LogP contribution in [0.3, 0.4) is 0 Å². The number of nitrogens with zero attached hydrogens (tertiary/aromatic N) is 1. The maximum Gasteiger partial charge on any atom is 0.289 e. The maximum atomic E-state index is 11.9. The molecule has 0 bridgehead atoms. The van der Waals surface area contributed by atoms with Crippen molar-refractivity contribution in [2.75, 3.05) is 26.3 Å². The van der Waals surface area contributed by atoms with Gasteiger partial charge in [0.25, 0.3) is 5.91 Å². The third kappa shape index (κ3) is 2.45. The molecule has 2 heterocycles. The number of ether oxygens (including phenoxy) is 1. The first-order valence-electron chi connectivity index (χ1n) is 4.98. The van der Waals surface area contributed by atoms with Crippen molar-refractivity contribution in [2.45, 2.75) is 6.10 Å². The van der Waals surface area contributed by atoms with E-state index < -0.39 is 0 Å². The van der Waals surface area contributed by atoms with Gasteiger partial charge in [-0.15, -0.1) is 0 Å². The third-order valence-electron chi connectivity index (χ3n) is 2.41. The SMILES string of the molecule is O=C(c1ccc(Br)o1)N1CCOC(CO)C1. The molecule has 16 heavy (non-hydrogen) atoms. The Kier molecular flexibility index (Phi) is 3.63. The first-order chi connectivity index (χ1) is 7.70. The molecule has 1 fully saturated rings. The fraction of sp³-hybridized carbons (Fsp3) is 0.500. The Morgan fingerprint density at radius 2 is 2.44 bits per heavy atom.